The SMILES string of the molecule is COc1ccc(Cl)cc1S(=O)(=O)NCC1CCOCC1. The highest BCUT2D eigenvalue weighted by Crippen LogP contribution is 2.27. The van der Waals surface area contributed by atoms with Gasteiger partial charge in [-0.05, 0) is 37.0 Å². The third-order valence-electron chi connectivity index (χ3n) is 3.32. The van der Waals surface area contributed by atoms with Crippen molar-refractivity contribution < 1.29 is 17.9 Å². The molecule has 112 valence electrons. The molecule has 7 heteroatoms. The highest BCUT2D eigenvalue weighted by molar-refractivity contribution is 7.89. The van der Waals surface area contributed by atoms with Crippen molar-refractivity contribution in [1.29, 1.82) is 0 Å². The maximum atomic E-state index is 12.3. The summed E-state index contributed by atoms with van der Waals surface area (Å²) >= 11 is 5.86. The molecule has 2 rings (SSSR count). The maximum absolute atomic E-state index is 12.3. The molecule has 1 aliphatic rings. The Bertz CT molecular complexity index is 555. The fourth-order valence-electron chi connectivity index (χ4n) is 2.12. The second-order valence-corrected chi connectivity index (χ2v) is 6.87. The minimum absolute atomic E-state index is 0.0690. The number of halogens is 1. The Morgan fingerprint density at radius 2 is 2.10 bits per heavy atom. The Morgan fingerprint density at radius 1 is 1.40 bits per heavy atom. The van der Waals surface area contributed by atoms with Crippen molar-refractivity contribution in [2.45, 2.75) is 17.7 Å². The molecule has 0 aromatic heterocycles. The van der Waals surface area contributed by atoms with Crippen LogP contribution < -0.4 is 9.46 Å². The summed E-state index contributed by atoms with van der Waals surface area (Å²) in [6.07, 6.45) is 1.74. The Kier molecular flexibility index (Phi) is 5.26. The zero-order valence-electron chi connectivity index (χ0n) is 11.3. The maximum Gasteiger partial charge on any atom is 0.244 e. The molecule has 1 aromatic carbocycles. The number of rotatable bonds is 5. The molecular weight excluding hydrogens is 302 g/mol. The van der Waals surface area contributed by atoms with E-state index in [4.69, 9.17) is 21.1 Å². The summed E-state index contributed by atoms with van der Waals surface area (Å²) in [6, 6.07) is 4.54. The summed E-state index contributed by atoms with van der Waals surface area (Å²) in [4.78, 5) is 0.0690. The standard InChI is InChI=1S/C13H18ClNO4S/c1-18-12-3-2-11(14)8-13(12)20(16,17)15-9-10-4-6-19-7-5-10/h2-3,8,10,15H,4-7,9H2,1H3. The molecule has 0 saturated carbocycles. The van der Waals surface area contributed by atoms with Crippen molar-refractivity contribution in [3.05, 3.63) is 23.2 Å². The molecule has 0 radical (unpaired) electrons. The summed E-state index contributed by atoms with van der Waals surface area (Å²) in [7, 11) is -2.19. The van der Waals surface area contributed by atoms with E-state index in [0.717, 1.165) is 12.8 Å². The van der Waals surface area contributed by atoms with Gasteiger partial charge in [-0.1, -0.05) is 11.6 Å². The first-order valence-corrected chi connectivity index (χ1v) is 8.30. The highest BCUT2D eigenvalue weighted by atomic mass is 35.5. The average Bonchev–Trinajstić information content (AvgIpc) is 2.46. The molecule has 0 aliphatic carbocycles. The van der Waals surface area contributed by atoms with E-state index in [-0.39, 0.29) is 10.6 Å². The molecule has 0 atom stereocenters. The molecule has 1 heterocycles. The molecule has 1 N–H and O–H groups in total. The van der Waals surface area contributed by atoms with Crippen LogP contribution in [-0.4, -0.2) is 35.3 Å². The van der Waals surface area contributed by atoms with Crippen LogP contribution in [0.5, 0.6) is 5.75 Å². The molecule has 0 amide bonds. The Morgan fingerprint density at radius 3 is 2.75 bits per heavy atom. The van der Waals surface area contributed by atoms with E-state index in [9.17, 15) is 8.42 Å². The monoisotopic (exact) mass is 319 g/mol. The third kappa shape index (κ3) is 3.85. The van der Waals surface area contributed by atoms with Crippen LogP contribution in [0.1, 0.15) is 12.8 Å². The lowest BCUT2D eigenvalue weighted by Gasteiger charge is -2.22. The second-order valence-electron chi connectivity index (χ2n) is 4.70. The van der Waals surface area contributed by atoms with Crippen molar-refractivity contribution in [3.63, 3.8) is 0 Å². The Balaban J connectivity index is 2.11. The molecule has 0 unspecified atom stereocenters. The van der Waals surface area contributed by atoms with Crippen LogP contribution in [0.25, 0.3) is 0 Å². The minimum atomic E-state index is -3.63. The van der Waals surface area contributed by atoms with Gasteiger partial charge < -0.3 is 9.47 Å². The predicted octanol–water partition coefficient (Wildman–Crippen LogP) is 2.05. The van der Waals surface area contributed by atoms with Gasteiger partial charge in [0, 0.05) is 24.8 Å². The van der Waals surface area contributed by atoms with Gasteiger partial charge in [-0.2, -0.15) is 0 Å². The summed E-state index contributed by atoms with van der Waals surface area (Å²) in [5.41, 5.74) is 0. The molecule has 1 saturated heterocycles. The van der Waals surface area contributed by atoms with Gasteiger partial charge in [-0.3, -0.25) is 0 Å². The number of methoxy groups -OCH3 is 1. The summed E-state index contributed by atoms with van der Waals surface area (Å²) in [5.74, 6) is 0.595. The Hall–Kier alpha value is -0.820. The van der Waals surface area contributed by atoms with Crippen molar-refractivity contribution in [2.24, 2.45) is 5.92 Å². The molecule has 20 heavy (non-hydrogen) atoms. The topological polar surface area (TPSA) is 64.6 Å². The summed E-state index contributed by atoms with van der Waals surface area (Å²) in [5, 5.41) is 0.359. The van der Waals surface area contributed by atoms with Gasteiger partial charge in [0.25, 0.3) is 0 Å². The van der Waals surface area contributed by atoms with Crippen LogP contribution in [0, 0.1) is 5.92 Å². The number of nitrogens with one attached hydrogen (secondary N) is 1. The number of hydrogen-bond acceptors (Lipinski definition) is 4. The first-order chi connectivity index (χ1) is 9.53. The van der Waals surface area contributed by atoms with Crippen molar-refractivity contribution in [1.82, 2.24) is 4.72 Å². The van der Waals surface area contributed by atoms with Crippen LogP contribution in [0.2, 0.25) is 5.02 Å². The number of benzene rings is 1. The van der Waals surface area contributed by atoms with E-state index in [1.165, 1.54) is 13.2 Å². The van der Waals surface area contributed by atoms with E-state index in [0.29, 0.717) is 30.7 Å². The van der Waals surface area contributed by atoms with Gasteiger partial charge in [-0.25, -0.2) is 13.1 Å². The smallest absolute Gasteiger partial charge is 0.244 e. The third-order valence-corrected chi connectivity index (χ3v) is 5.00. The van der Waals surface area contributed by atoms with Crippen LogP contribution in [0.15, 0.2) is 23.1 Å². The van der Waals surface area contributed by atoms with Crippen molar-refractivity contribution in [3.8, 4) is 5.75 Å². The van der Waals surface area contributed by atoms with Gasteiger partial charge in [-0.15, -0.1) is 0 Å². The first-order valence-electron chi connectivity index (χ1n) is 6.44. The second kappa shape index (κ2) is 6.76. The van der Waals surface area contributed by atoms with Gasteiger partial charge in [0.1, 0.15) is 10.6 Å². The average molecular weight is 320 g/mol. The van der Waals surface area contributed by atoms with Crippen LogP contribution >= 0.6 is 11.6 Å². The van der Waals surface area contributed by atoms with Gasteiger partial charge in [0.05, 0.1) is 7.11 Å². The van der Waals surface area contributed by atoms with E-state index in [1.807, 2.05) is 0 Å². The van der Waals surface area contributed by atoms with Crippen molar-refractivity contribution in [2.75, 3.05) is 26.9 Å². The summed E-state index contributed by atoms with van der Waals surface area (Å²) in [6.45, 7) is 1.78. The van der Waals surface area contributed by atoms with Gasteiger partial charge in [0.15, 0.2) is 0 Å². The van der Waals surface area contributed by atoms with Crippen LogP contribution in [0.3, 0.4) is 0 Å². The fraction of sp³-hybridized carbons (Fsp3) is 0.538. The molecule has 1 aliphatic heterocycles. The molecular formula is C13H18ClNO4S. The fourth-order valence-corrected chi connectivity index (χ4v) is 3.66. The van der Waals surface area contributed by atoms with Gasteiger partial charge >= 0.3 is 0 Å². The van der Waals surface area contributed by atoms with E-state index < -0.39 is 10.0 Å². The number of sulfonamides is 1. The largest absolute Gasteiger partial charge is 0.495 e. The zero-order chi connectivity index (χ0) is 14.6. The van der Waals surface area contributed by atoms with E-state index in [2.05, 4.69) is 4.72 Å². The zero-order valence-corrected chi connectivity index (χ0v) is 12.8. The lowest BCUT2D eigenvalue weighted by molar-refractivity contribution is 0.0678. The van der Waals surface area contributed by atoms with E-state index in [1.54, 1.807) is 12.1 Å². The summed E-state index contributed by atoms with van der Waals surface area (Å²) < 4.78 is 37.6. The molecule has 0 spiro atoms. The molecule has 0 bridgehead atoms. The first kappa shape index (κ1) is 15.6. The Labute approximate surface area is 124 Å². The van der Waals surface area contributed by atoms with Crippen molar-refractivity contribution >= 4 is 21.6 Å². The number of ether oxygens (including phenoxy) is 2. The number of hydrogen-bond donors (Lipinski definition) is 1. The van der Waals surface area contributed by atoms with Crippen LogP contribution in [0.4, 0.5) is 0 Å². The minimum Gasteiger partial charge on any atom is -0.495 e. The quantitative estimate of drug-likeness (QED) is 0.902. The lowest BCUT2D eigenvalue weighted by Crippen LogP contribution is -2.32. The lowest BCUT2D eigenvalue weighted by atomic mass is 10.0. The van der Waals surface area contributed by atoms with Crippen LogP contribution in [-0.2, 0) is 14.8 Å². The molecule has 5 nitrogen and oxygen atoms in total. The van der Waals surface area contributed by atoms with Gasteiger partial charge in [0.2, 0.25) is 10.0 Å². The molecule has 1 aromatic rings. The predicted molar refractivity (Wildman–Crippen MR) is 76.7 cm³/mol. The van der Waals surface area contributed by atoms with E-state index >= 15 is 0 Å². The molecule has 1 fully saturated rings. The normalized spacial score (nSPS) is 17.1. The highest BCUT2D eigenvalue weighted by Gasteiger charge is 2.22.